The van der Waals surface area contributed by atoms with Crippen LogP contribution in [0.5, 0.6) is 0 Å². The van der Waals surface area contributed by atoms with E-state index in [0.717, 1.165) is 0 Å². The van der Waals surface area contributed by atoms with Gasteiger partial charge in [-0.1, -0.05) is 41.5 Å². The number of hydrogen-bond donors (Lipinski definition) is 9. The highest BCUT2D eigenvalue weighted by Gasteiger charge is 2.35. The molecule has 0 saturated carbocycles. The summed E-state index contributed by atoms with van der Waals surface area (Å²) >= 11 is 0. The molecule has 16 heteroatoms. The van der Waals surface area contributed by atoms with Crippen LogP contribution in [0.3, 0.4) is 0 Å². The maximum Gasteiger partial charge on any atom is 0.328 e. The van der Waals surface area contributed by atoms with Crippen molar-refractivity contribution in [2.45, 2.75) is 105 Å². The van der Waals surface area contributed by atoms with Gasteiger partial charge in [0.2, 0.25) is 35.4 Å². The van der Waals surface area contributed by atoms with E-state index in [0.29, 0.717) is 0 Å². The van der Waals surface area contributed by atoms with Gasteiger partial charge < -0.3 is 47.2 Å². The van der Waals surface area contributed by atoms with Crippen molar-refractivity contribution in [1.82, 2.24) is 31.9 Å². The summed E-state index contributed by atoms with van der Waals surface area (Å²) in [6.45, 7) is 12.9. The highest BCUT2D eigenvalue weighted by atomic mass is 16.4. The molecule has 0 aromatic carbocycles. The van der Waals surface area contributed by atoms with Crippen molar-refractivity contribution >= 4 is 41.4 Å². The van der Waals surface area contributed by atoms with Gasteiger partial charge in [-0.15, -0.1) is 0 Å². The quantitative estimate of drug-likeness (QED) is 0.0821. The highest BCUT2D eigenvalue weighted by molar-refractivity contribution is 5.97. The SMILES string of the molecule is CC(=O)N[C@@H](CO)C(=O)N[C@H](C(=O)N[C@H](C(=O)N[C@H](C(=O)N[C@@H](C)C(=O)N[C@H](C(=O)O)[C@@H](C)O)C(C)C)C(C)C)C(C)C. The van der Waals surface area contributed by atoms with Crippen molar-refractivity contribution < 1.29 is 48.9 Å². The molecule has 9 N–H and O–H groups in total. The number of aliphatic hydroxyl groups is 2. The third-order valence-corrected chi connectivity index (χ3v) is 6.42. The van der Waals surface area contributed by atoms with Gasteiger partial charge in [-0.3, -0.25) is 28.8 Å². The molecule has 0 aromatic heterocycles. The Morgan fingerprint density at radius 2 is 0.884 bits per heavy atom. The number of aliphatic hydroxyl groups excluding tert-OH is 2. The molecule has 43 heavy (non-hydrogen) atoms. The summed E-state index contributed by atoms with van der Waals surface area (Å²) in [4.78, 5) is 87.1. The first-order valence-corrected chi connectivity index (χ1v) is 14.1. The predicted octanol–water partition coefficient (Wildman–Crippen LogP) is -2.64. The molecule has 0 spiro atoms. The molecule has 246 valence electrons. The van der Waals surface area contributed by atoms with Gasteiger partial charge in [0.05, 0.1) is 12.7 Å². The lowest BCUT2D eigenvalue weighted by molar-refractivity contribution is -0.145. The normalized spacial score (nSPS) is 16.1. The van der Waals surface area contributed by atoms with Gasteiger partial charge in [0.1, 0.15) is 30.2 Å². The molecule has 0 saturated heterocycles. The van der Waals surface area contributed by atoms with Crippen molar-refractivity contribution in [3.63, 3.8) is 0 Å². The van der Waals surface area contributed by atoms with E-state index >= 15 is 0 Å². The Morgan fingerprint density at radius 1 is 0.535 bits per heavy atom. The van der Waals surface area contributed by atoms with Crippen molar-refractivity contribution in [3.8, 4) is 0 Å². The number of carboxylic acids is 1. The lowest BCUT2D eigenvalue weighted by Gasteiger charge is -2.30. The van der Waals surface area contributed by atoms with E-state index < -0.39 is 108 Å². The average molecular weight is 617 g/mol. The molecule has 0 radical (unpaired) electrons. The van der Waals surface area contributed by atoms with Crippen LogP contribution in [0.1, 0.15) is 62.3 Å². The van der Waals surface area contributed by atoms with E-state index in [1.165, 1.54) is 20.8 Å². The van der Waals surface area contributed by atoms with Crippen LogP contribution in [-0.4, -0.2) is 106 Å². The lowest BCUT2D eigenvalue weighted by Crippen LogP contribution is -2.62. The number of carbonyl (C=O) groups is 7. The van der Waals surface area contributed by atoms with Gasteiger partial charge in [-0.05, 0) is 31.6 Å². The Morgan fingerprint density at radius 3 is 1.19 bits per heavy atom. The van der Waals surface area contributed by atoms with Crippen molar-refractivity contribution in [2.75, 3.05) is 6.61 Å². The maximum atomic E-state index is 13.3. The minimum atomic E-state index is -1.60. The zero-order chi connectivity index (χ0) is 33.8. The van der Waals surface area contributed by atoms with Gasteiger partial charge in [0.25, 0.3) is 0 Å². The molecule has 0 bridgehead atoms. The standard InChI is InChI=1S/C27H48N6O10/c1-11(2)18(24(39)28-14(7)22(37)33-21(15(8)35)27(42)43)31-26(41)20(13(5)6)32-25(40)19(12(3)4)30-23(38)17(10-34)29-16(9)36/h11-15,17-21,34-35H,10H2,1-9H3,(H,28,39)(H,29,36)(H,30,38)(H,31,41)(H,32,40)(H,33,37)(H,42,43)/t14-,15+,17-,18-,19-,20-,21-/m0/s1. The molecule has 0 aliphatic heterocycles. The number of nitrogens with one attached hydrogen (secondary N) is 6. The maximum absolute atomic E-state index is 13.3. The zero-order valence-corrected chi connectivity index (χ0v) is 26.2. The number of carbonyl (C=O) groups excluding carboxylic acids is 6. The number of rotatable bonds is 17. The molecule has 0 aliphatic carbocycles. The van der Waals surface area contributed by atoms with Crippen LogP contribution < -0.4 is 31.9 Å². The van der Waals surface area contributed by atoms with Crippen LogP contribution in [0.4, 0.5) is 0 Å². The smallest absolute Gasteiger partial charge is 0.328 e. The molecule has 0 heterocycles. The van der Waals surface area contributed by atoms with Crippen LogP contribution in [0.2, 0.25) is 0 Å². The second-order valence-electron chi connectivity index (χ2n) is 11.4. The zero-order valence-electron chi connectivity index (χ0n) is 26.2. The monoisotopic (exact) mass is 616 g/mol. The van der Waals surface area contributed by atoms with Gasteiger partial charge in [-0.25, -0.2) is 4.79 Å². The van der Waals surface area contributed by atoms with Gasteiger partial charge in [0.15, 0.2) is 6.04 Å². The van der Waals surface area contributed by atoms with E-state index in [1.807, 2.05) is 0 Å². The summed E-state index contributed by atoms with van der Waals surface area (Å²) in [6, 6.07) is -7.54. The molecule has 0 unspecified atom stereocenters. The molecule has 0 aromatic rings. The first-order valence-electron chi connectivity index (χ1n) is 14.1. The summed E-state index contributed by atoms with van der Waals surface area (Å²) in [5, 5.41) is 42.7. The van der Waals surface area contributed by atoms with Crippen molar-refractivity contribution in [3.05, 3.63) is 0 Å². The molecule has 6 amide bonds. The first-order chi connectivity index (χ1) is 19.7. The second-order valence-corrected chi connectivity index (χ2v) is 11.4. The lowest BCUT2D eigenvalue weighted by atomic mass is 9.97. The van der Waals surface area contributed by atoms with Crippen LogP contribution in [0.25, 0.3) is 0 Å². The van der Waals surface area contributed by atoms with E-state index in [9.17, 15) is 43.8 Å². The molecule has 16 nitrogen and oxygen atoms in total. The summed E-state index contributed by atoms with van der Waals surface area (Å²) in [5.74, 6) is -7.24. The molecule has 7 atom stereocenters. The van der Waals surface area contributed by atoms with Crippen LogP contribution in [-0.2, 0) is 33.6 Å². The van der Waals surface area contributed by atoms with Crippen molar-refractivity contribution in [2.24, 2.45) is 17.8 Å². The highest BCUT2D eigenvalue weighted by Crippen LogP contribution is 2.10. The molecule has 0 rings (SSSR count). The summed E-state index contributed by atoms with van der Waals surface area (Å²) < 4.78 is 0. The minimum Gasteiger partial charge on any atom is -0.480 e. The minimum absolute atomic E-state index is 0.451. The topological polar surface area (TPSA) is 252 Å². The molecular formula is C27H48N6O10. The Hall–Kier alpha value is -3.79. The number of aliphatic carboxylic acids is 1. The van der Waals surface area contributed by atoms with Crippen LogP contribution in [0, 0.1) is 17.8 Å². The summed E-state index contributed by atoms with van der Waals surface area (Å²) in [7, 11) is 0. The van der Waals surface area contributed by atoms with Gasteiger partial charge in [0, 0.05) is 6.92 Å². The largest absolute Gasteiger partial charge is 0.480 e. The van der Waals surface area contributed by atoms with E-state index in [4.69, 9.17) is 5.11 Å². The third-order valence-electron chi connectivity index (χ3n) is 6.42. The molecular weight excluding hydrogens is 568 g/mol. The second kappa shape index (κ2) is 18.0. The number of hydrogen-bond acceptors (Lipinski definition) is 9. The Labute approximate surface area is 251 Å². The molecule has 0 aliphatic rings. The van der Waals surface area contributed by atoms with Gasteiger partial charge >= 0.3 is 5.97 Å². The summed E-state index contributed by atoms with van der Waals surface area (Å²) in [5.41, 5.74) is 0. The van der Waals surface area contributed by atoms with Crippen molar-refractivity contribution in [1.29, 1.82) is 0 Å². The van der Waals surface area contributed by atoms with E-state index in [1.54, 1.807) is 41.5 Å². The number of carboxylic acid groups (broad SMARTS) is 1. The van der Waals surface area contributed by atoms with Gasteiger partial charge in [-0.2, -0.15) is 0 Å². The third kappa shape index (κ3) is 12.9. The first kappa shape index (κ1) is 39.2. The van der Waals surface area contributed by atoms with E-state index in [2.05, 4.69) is 31.9 Å². The molecule has 0 fully saturated rings. The fraction of sp³-hybridized carbons (Fsp3) is 0.741. The van der Waals surface area contributed by atoms with Crippen LogP contribution in [0.15, 0.2) is 0 Å². The Balaban J connectivity index is 5.67. The average Bonchev–Trinajstić information content (AvgIpc) is 2.88. The van der Waals surface area contributed by atoms with E-state index in [-0.39, 0.29) is 0 Å². The Kier molecular flexibility index (Phi) is 16.4. The van der Waals surface area contributed by atoms with Crippen LogP contribution >= 0.6 is 0 Å². The Bertz CT molecular complexity index is 1020. The predicted molar refractivity (Wildman–Crippen MR) is 154 cm³/mol. The fourth-order valence-electron chi connectivity index (χ4n) is 3.82. The fourth-order valence-corrected chi connectivity index (χ4v) is 3.82. The number of amides is 6. The summed E-state index contributed by atoms with van der Waals surface area (Å²) in [6.07, 6.45) is -1.40.